The molecule has 5 heteroatoms. The molecule has 96 valence electrons. The zero-order chi connectivity index (χ0) is 12.5. The maximum absolute atomic E-state index is 11.9. The zero-order valence-corrected chi connectivity index (χ0v) is 10.2. The Labute approximate surface area is 101 Å². The van der Waals surface area contributed by atoms with Crippen LogP contribution in [-0.2, 0) is 4.79 Å². The lowest BCUT2D eigenvalue weighted by Crippen LogP contribution is -2.48. The molecule has 0 atom stereocenters. The van der Waals surface area contributed by atoms with Crippen molar-refractivity contribution in [3.8, 4) is 0 Å². The number of nitrogens with zero attached hydrogens (tertiary/aromatic N) is 1. The maximum atomic E-state index is 11.9. The third kappa shape index (κ3) is 3.35. The Bertz CT molecular complexity index is 318. The molecule has 0 aromatic carbocycles. The van der Waals surface area contributed by atoms with E-state index in [0.717, 1.165) is 25.7 Å². The predicted molar refractivity (Wildman–Crippen MR) is 62.7 cm³/mol. The molecule has 0 aromatic heterocycles. The second-order valence-corrected chi connectivity index (χ2v) is 5.52. The first-order valence-electron chi connectivity index (χ1n) is 6.27. The van der Waals surface area contributed by atoms with Crippen molar-refractivity contribution in [1.82, 2.24) is 10.2 Å². The van der Waals surface area contributed by atoms with E-state index in [0.29, 0.717) is 13.1 Å². The average molecular weight is 240 g/mol. The molecule has 1 saturated heterocycles. The monoisotopic (exact) mass is 240 g/mol. The van der Waals surface area contributed by atoms with Gasteiger partial charge in [-0.25, -0.2) is 4.79 Å². The third-order valence-electron chi connectivity index (χ3n) is 3.77. The summed E-state index contributed by atoms with van der Waals surface area (Å²) in [5.74, 6) is -0.508. The van der Waals surface area contributed by atoms with Gasteiger partial charge in [0.15, 0.2) is 0 Å². The summed E-state index contributed by atoms with van der Waals surface area (Å²) in [6, 6.07) is 0.0128. The third-order valence-corrected chi connectivity index (χ3v) is 3.77. The zero-order valence-electron chi connectivity index (χ0n) is 10.2. The van der Waals surface area contributed by atoms with Crippen LogP contribution in [0.4, 0.5) is 4.79 Å². The second kappa shape index (κ2) is 4.55. The topological polar surface area (TPSA) is 69.6 Å². The molecule has 2 aliphatic rings. The Morgan fingerprint density at radius 1 is 1.35 bits per heavy atom. The van der Waals surface area contributed by atoms with Crippen molar-refractivity contribution in [3.63, 3.8) is 0 Å². The first-order chi connectivity index (χ1) is 7.98. The molecule has 17 heavy (non-hydrogen) atoms. The van der Waals surface area contributed by atoms with Crippen LogP contribution in [0.5, 0.6) is 0 Å². The van der Waals surface area contributed by atoms with E-state index in [-0.39, 0.29) is 23.9 Å². The minimum Gasteiger partial charge on any atom is -0.481 e. The van der Waals surface area contributed by atoms with Gasteiger partial charge in [0.1, 0.15) is 0 Å². The summed E-state index contributed by atoms with van der Waals surface area (Å²) in [5.41, 5.74) is 0.0228. The predicted octanol–water partition coefficient (Wildman–Crippen LogP) is 1.44. The van der Waals surface area contributed by atoms with E-state index >= 15 is 0 Å². The normalized spacial score (nSPS) is 23.2. The first kappa shape index (κ1) is 12.2. The second-order valence-electron chi connectivity index (χ2n) is 5.52. The molecule has 2 N–H and O–H groups in total. The minimum atomic E-state index is -0.738. The van der Waals surface area contributed by atoms with Gasteiger partial charge in [-0.2, -0.15) is 0 Å². The van der Waals surface area contributed by atoms with Crippen LogP contribution in [-0.4, -0.2) is 40.6 Å². The molecule has 2 rings (SSSR count). The maximum Gasteiger partial charge on any atom is 0.317 e. The molecule has 2 fully saturated rings. The van der Waals surface area contributed by atoms with E-state index in [4.69, 9.17) is 5.11 Å². The van der Waals surface area contributed by atoms with Gasteiger partial charge in [0, 0.05) is 25.0 Å². The summed E-state index contributed by atoms with van der Waals surface area (Å²) in [7, 11) is 0. The fourth-order valence-corrected chi connectivity index (χ4v) is 2.24. The molecule has 1 heterocycles. The van der Waals surface area contributed by atoms with E-state index in [9.17, 15) is 9.59 Å². The smallest absolute Gasteiger partial charge is 0.317 e. The Hall–Kier alpha value is -1.26. The van der Waals surface area contributed by atoms with Crippen molar-refractivity contribution in [2.24, 2.45) is 5.92 Å². The van der Waals surface area contributed by atoms with Gasteiger partial charge >= 0.3 is 12.0 Å². The number of aliphatic carboxylic acids is 1. The Kier molecular flexibility index (Phi) is 3.26. The fourth-order valence-electron chi connectivity index (χ4n) is 2.24. The number of hydrogen-bond acceptors (Lipinski definition) is 2. The van der Waals surface area contributed by atoms with Crippen molar-refractivity contribution in [1.29, 1.82) is 0 Å². The Balaban J connectivity index is 1.74. The van der Waals surface area contributed by atoms with Gasteiger partial charge in [0.25, 0.3) is 0 Å². The summed E-state index contributed by atoms with van der Waals surface area (Å²) < 4.78 is 0. The van der Waals surface area contributed by atoms with Crippen LogP contribution in [0, 0.1) is 5.92 Å². The van der Waals surface area contributed by atoms with Gasteiger partial charge in [-0.1, -0.05) is 0 Å². The summed E-state index contributed by atoms with van der Waals surface area (Å²) in [6.07, 6.45) is 3.96. The van der Waals surface area contributed by atoms with Crippen molar-refractivity contribution in [2.45, 2.75) is 44.6 Å². The lowest BCUT2D eigenvalue weighted by Gasteiger charge is -2.32. The van der Waals surface area contributed by atoms with E-state index in [2.05, 4.69) is 12.2 Å². The van der Waals surface area contributed by atoms with Gasteiger partial charge in [-0.05, 0) is 38.5 Å². The van der Waals surface area contributed by atoms with Crippen molar-refractivity contribution in [2.75, 3.05) is 13.1 Å². The number of carboxylic acids is 1. The van der Waals surface area contributed by atoms with Crippen LogP contribution in [0.2, 0.25) is 0 Å². The van der Waals surface area contributed by atoms with Crippen LogP contribution in [0.15, 0.2) is 0 Å². The number of carboxylic acid groups (broad SMARTS) is 1. The van der Waals surface area contributed by atoms with Crippen molar-refractivity contribution in [3.05, 3.63) is 0 Å². The average Bonchev–Trinajstić information content (AvgIpc) is 2.96. The molecule has 1 aliphatic carbocycles. The van der Waals surface area contributed by atoms with Gasteiger partial charge in [0.05, 0.1) is 0 Å². The van der Waals surface area contributed by atoms with Crippen LogP contribution < -0.4 is 5.32 Å². The number of hydrogen-bond donors (Lipinski definition) is 2. The Morgan fingerprint density at radius 2 is 1.94 bits per heavy atom. The highest BCUT2D eigenvalue weighted by molar-refractivity contribution is 5.75. The summed E-state index contributed by atoms with van der Waals surface area (Å²) in [6.45, 7) is 3.42. The van der Waals surface area contributed by atoms with Crippen LogP contribution in [0.25, 0.3) is 0 Å². The van der Waals surface area contributed by atoms with Gasteiger partial charge in [-0.15, -0.1) is 0 Å². The summed E-state index contributed by atoms with van der Waals surface area (Å²) in [4.78, 5) is 24.3. The highest BCUT2D eigenvalue weighted by atomic mass is 16.4. The fraction of sp³-hybridized carbons (Fsp3) is 0.833. The SMILES string of the molecule is CC1(NC(=O)N2CCC(CC(=O)O)CC2)CC1. The molecule has 0 bridgehead atoms. The van der Waals surface area contributed by atoms with E-state index in [1.165, 1.54) is 0 Å². The van der Waals surface area contributed by atoms with Crippen molar-refractivity contribution < 1.29 is 14.7 Å². The molecule has 0 spiro atoms. The van der Waals surface area contributed by atoms with E-state index < -0.39 is 5.97 Å². The Morgan fingerprint density at radius 3 is 2.41 bits per heavy atom. The molecule has 0 radical (unpaired) electrons. The first-order valence-corrected chi connectivity index (χ1v) is 6.27. The molecule has 1 saturated carbocycles. The largest absolute Gasteiger partial charge is 0.481 e. The lowest BCUT2D eigenvalue weighted by atomic mass is 9.94. The molecule has 0 unspecified atom stereocenters. The highest BCUT2D eigenvalue weighted by Gasteiger charge is 2.40. The number of amides is 2. The number of rotatable bonds is 3. The number of nitrogens with one attached hydrogen (secondary N) is 1. The number of likely N-dealkylation sites (tertiary alicyclic amines) is 1. The molecule has 2 amide bonds. The number of carbonyl (C=O) groups excluding carboxylic acids is 1. The van der Waals surface area contributed by atoms with E-state index in [1.54, 1.807) is 0 Å². The van der Waals surface area contributed by atoms with Crippen LogP contribution in [0.3, 0.4) is 0 Å². The van der Waals surface area contributed by atoms with Gasteiger partial charge in [-0.3, -0.25) is 4.79 Å². The number of urea groups is 1. The lowest BCUT2D eigenvalue weighted by molar-refractivity contribution is -0.138. The number of piperidine rings is 1. The standard InChI is InChI=1S/C12H20N2O3/c1-12(4-5-12)13-11(17)14-6-2-9(3-7-14)8-10(15)16/h9H,2-8H2,1H3,(H,13,17)(H,15,16). The van der Waals surface area contributed by atoms with Gasteiger partial charge < -0.3 is 15.3 Å². The molecule has 0 aromatic rings. The molecule has 5 nitrogen and oxygen atoms in total. The summed E-state index contributed by atoms with van der Waals surface area (Å²) in [5, 5.41) is 11.7. The van der Waals surface area contributed by atoms with Crippen LogP contribution in [0.1, 0.15) is 39.0 Å². The number of carbonyl (C=O) groups is 2. The molecule has 1 aliphatic heterocycles. The molecular weight excluding hydrogens is 220 g/mol. The summed E-state index contributed by atoms with van der Waals surface area (Å²) >= 11 is 0. The quantitative estimate of drug-likeness (QED) is 0.784. The van der Waals surface area contributed by atoms with E-state index in [1.807, 2.05) is 4.90 Å². The minimum absolute atomic E-state index is 0.0128. The highest BCUT2D eigenvalue weighted by Crippen LogP contribution is 2.34. The van der Waals surface area contributed by atoms with Crippen LogP contribution >= 0.6 is 0 Å². The molecular formula is C12H20N2O3. The van der Waals surface area contributed by atoms with Gasteiger partial charge in [0.2, 0.25) is 0 Å². The van der Waals surface area contributed by atoms with Crippen molar-refractivity contribution >= 4 is 12.0 Å².